The second-order valence-electron chi connectivity index (χ2n) is 12.5. The Bertz CT molecular complexity index is 1580. The van der Waals surface area contributed by atoms with Crippen LogP contribution in [0.5, 0.6) is 0 Å². The number of amides is 3. The number of cyclic esters (lactones) is 1. The van der Waals surface area contributed by atoms with E-state index in [4.69, 9.17) is 21.1 Å². The van der Waals surface area contributed by atoms with E-state index in [0.717, 1.165) is 5.56 Å². The highest BCUT2D eigenvalue weighted by atomic mass is 35.5. The number of benzene rings is 2. The smallest absolute Gasteiger partial charge is 0.313 e. The molecule has 242 valence electrons. The van der Waals surface area contributed by atoms with Crippen LogP contribution in [0.1, 0.15) is 43.9 Å². The summed E-state index contributed by atoms with van der Waals surface area (Å²) in [5.74, 6) is -4.01. The third-order valence-corrected chi connectivity index (χ3v) is 9.78. The van der Waals surface area contributed by atoms with Gasteiger partial charge in [-0.2, -0.15) is 0 Å². The number of aliphatic hydroxyl groups is 1. The molecule has 4 aliphatic rings. The number of esters is 1. The summed E-state index contributed by atoms with van der Waals surface area (Å²) in [7, 11) is 0. The fourth-order valence-electron chi connectivity index (χ4n) is 7.37. The van der Waals surface area contributed by atoms with Gasteiger partial charge in [0.2, 0.25) is 11.8 Å². The van der Waals surface area contributed by atoms with Crippen LogP contribution in [0.15, 0.2) is 72.8 Å². The minimum atomic E-state index is -1.54. The maximum absolute atomic E-state index is 14.7. The van der Waals surface area contributed by atoms with Crippen molar-refractivity contribution in [3.05, 3.63) is 89.0 Å². The highest BCUT2D eigenvalue weighted by Crippen LogP contribution is 2.54. The molecule has 8 atom stereocenters. The quantitative estimate of drug-likeness (QED) is 0.383. The summed E-state index contributed by atoms with van der Waals surface area (Å²) in [6, 6.07) is 12.0. The molecule has 0 bridgehead atoms. The van der Waals surface area contributed by atoms with Crippen LogP contribution in [-0.4, -0.2) is 76.7 Å². The predicted molar refractivity (Wildman–Crippen MR) is 171 cm³/mol. The Kier molecular flexibility index (Phi) is 8.80. The van der Waals surface area contributed by atoms with Crippen LogP contribution in [0.3, 0.4) is 0 Å². The van der Waals surface area contributed by atoms with Crippen molar-refractivity contribution >= 4 is 41.0 Å². The molecule has 0 radical (unpaired) electrons. The first-order valence-electron chi connectivity index (χ1n) is 15.7. The van der Waals surface area contributed by atoms with Crippen LogP contribution in [0.2, 0.25) is 5.02 Å². The number of halogens is 1. The van der Waals surface area contributed by atoms with E-state index < -0.39 is 72.2 Å². The number of fused-ring (bicyclic) bond motifs is 2. The van der Waals surface area contributed by atoms with Crippen LogP contribution in [0.4, 0.5) is 5.69 Å². The van der Waals surface area contributed by atoms with Gasteiger partial charge < -0.3 is 29.7 Å². The number of hydrogen-bond acceptors (Lipinski definition) is 7. The van der Waals surface area contributed by atoms with Crippen molar-refractivity contribution in [2.24, 2.45) is 11.8 Å². The lowest BCUT2D eigenvalue weighted by atomic mass is 9.77. The third-order valence-electron chi connectivity index (χ3n) is 9.48. The van der Waals surface area contributed by atoms with Gasteiger partial charge in [0.05, 0.1) is 41.4 Å². The molecule has 6 rings (SSSR count). The van der Waals surface area contributed by atoms with Gasteiger partial charge in [-0.05, 0) is 44.4 Å². The minimum Gasteiger partial charge on any atom is -0.455 e. The summed E-state index contributed by atoms with van der Waals surface area (Å²) in [5, 5.41) is 13.6. The van der Waals surface area contributed by atoms with Gasteiger partial charge >= 0.3 is 5.97 Å². The molecule has 3 amide bonds. The number of aryl methyl sites for hydroxylation is 1. The average Bonchev–Trinajstić information content (AvgIpc) is 3.43. The summed E-state index contributed by atoms with van der Waals surface area (Å²) in [5.41, 5.74) is 0.437. The first-order valence-corrected chi connectivity index (χ1v) is 16.0. The molecule has 2 saturated heterocycles. The van der Waals surface area contributed by atoms with Crippen LogP contribution in [-0.2, 0) is 28.7 Å². The molecule has 4 heterocycles. The summed E-state index contributed by atoms with van der Waals surface area (Å²) in [4.78, 5) is 59.2. The van der Waals surface area contributed by atoms with E-state index in [-0.39, 0.29) is 18.9 Å². The Labute approximate surface area is 273 Å². The topological polar surface area (TPSA) is 125 Å². The number of para-hydroxylation sites is 1. The van der Waals surface area contributed by atoms with Gasteiger partial charge in [-0.25, -0.2) is 0 Å². The number of likely N-dealkylation sites (tertiary alicyclic amines) is 1. The molecule has 4 aliphatic heterocycles. The first kappa shape index (κ1) is 32.0. The zero-order valence-corrected chi connectivity index (χ0v) is 26.7. The number of carbonyl (C=O) groups excluding carboxylic acids is 4. The lowest BCUT2D eigenvalue weighted by Gasteiger charge is -2.38. The summed E-state index contributed by atoms with van der Waals surface area (Å²) < 4.78 is 12.9. The third kappa shape index (κ3) is 5.32. The van der Waals surface area contributed by atoms with Crippen molar-refractivity contribution in [1.29, 1.82) is 0 Å². The average molecular weight is 648 g/mol. The van der Waals surface area contributed by atoms with Crippen LogP contribution >= 0.6 is 11.6 Å². The van der Waals surface area contributed by atoms with Gasteiger partial charge in [0.15, 0.2) is 0 Å². The summed E-state index contributed by atoms with van der Waals surface area (Å²) in [6.45, 7) is 5.04. The van der Waals surface area contributed by atoms with Gasteiger partial charge in [-0.15, -0.1) is 0 Å². The molecule has 10 nitrogen and oxygen atoms in total. The number of nitrogens with one attached hydrogen (secondary N) is 1. The molecule has 46 heavy (non-hydrogen) atoms. The fraction of sp³-hybridized carbons (Fsp3) is 0.429. The molecule has 0 aromatic heterocycles. The number of allylic oxidation sites excluding steroid dienone is 1. The first-order chi connectivity index (χ1) is 22.1. The van der Waals surface area contributed by atoms with Gasteiger partial charge in [-0.1, -0.05) is 78.4 Å². The Morgan fingerprint density at radius 3 is 2.54 bits per heavy atom. The summed E-state index contributed by atoms with van der Waals surface area (Å²) >= 11 is 6.62. The van der Waals surface area contributed by atoms with E-state index in [2.05, 4.69) is 5.32 Å². The van der Waals surface area contributed by atoms with Crippen molar-refractivity contribution in [2.75, 3.05) is 18.1 Å². The second kappa shape index (κ2) is 12.7. The van der Waals surface area contributed by atoms with E-state index in [1.807, 2.05) is 43.3 Å². The van der Waals surface area contributed by atoms with Crippen LogP contribution < -0.4 is 10.2 Å². The molecule has 0 aliphatic carbocycles. The van der Waals surface area contributed by atoms with Crippen molar-refractivity contribution in [2.45, 2.75) is 69.5 Å². The van der Waals surface area contributed by atoms with E-state index in [0.29, 0.717) is 22.7 Å². The molecule has 2 aromatic carbocycles. The highest BCUT2D eigenvalue weighted by Gasteiger charge is 2.72. The van der Waals surface area contributed by atoms with E-state index in [1.165, 1.54) is 9.80 Å². The van der Waals surface area contributed by atoms with Gasteiger partial charge in [0.1, 0.15) is 23.7 Å². The predicted octanol–water partition coefficient (Wildman–Crippen LogP) is 3.65. The monoisotopic (exact) mass is 647 g/mol. The number of ether oxygens (including phenoxy) is 2. The Balaban J connectivity index is 1.47. The SMILES string of the molecule is Cc1cccc(Cl)c1N1CC=C[C@@]23O[C@H]4/C=C\CCC(=O)N[C@@H](C)[C@H](c5ccccc5)OC(=O)[C@H]4[C@@H]2C(=O)N([C@H](C)CO)[C@H]3C1=O. The molecule has 2 fully saturated rings. The van der Waals surface area contributed by atoms with Crippen LogP contribution in [0, 0.1) is 18.8 Å². The van der Waals surface area contributed by atoms with Crippen molar-refractivity contribution in [3.63, 3.8) is 0 Å². The zero-order valence-electron chi connectivity index (χ0n) is 26.0. The van der Waals surface area contributed by atoms with Crippen molar-refractivity contribution < 1.29 is 33.8 Å². The van der Waals surface area contributed by atoms with E-state index in [9.17, 15) is 24.3 Å². The van der Waals surface area contributed by atoms with Crippen molar-refractivity contribution in [3.8, 4) is 0 Å². The Morgan fingerprint density at radius 2 is 1.83 bits per heavy atom. The number of nitrogens with zero attached hydrogens (tertiary/aromatic N) is 2. The summed E-state index contributed by atoms with van der Waals surface area (Å²) in [6.07, 6.45) is 5.77. The normalized spacial score (nSPS) is 32.7. The maximum atomic E-state index is 14.7. The molecule has 2 N–H and O–H groups in total. The molecule has 0 unspecified atom stereocenters. The number of hydrogen-bond donors (Lipinski definition) is 2. The lowest BCUT2D eigenvalue weighted by molar-refractivity contribution is -0.161. The fourth-order valence-corrected chi connectivity index (χ4v) is 7.70. The van der Waals surface area contributed by atoms with Crippen LogP contribution in [0.25, 0.3) is 0 Å². The number of rotatable bonds is 4. The van der Waals surface area contributed by atoms with E-state index >= 15 is 0 Å². The number of anilines is 1. The Hall–Kier alpha value is -3.99. The number of carbonyl (C=O) groups is 4. The lowest BCUT2D eigenvalue weighted by Crippen LogP contribution is -2.57. The minimum absolute atomic E-state index is 0.157. The molecule has 1 spiro atoms. The second-order valence-corrected chi connectivity index (χ2v) is 12.9. The van der Waals surface area contributed by atoms with E-state index in [1.54, 1.807) is 50.3 Å². The van der Waals surface area contributed by atoms with Crippen molar-refractivity contribution in [1.82, 2.24) is 10.2 Å². The van der Waals surface area contributed by atoms with Gasteiger partial charge in [-0.3, -0.25) is 19.2 Å². The Morgan fingerprint density at radius 1 is 1.07 bits per heavy atom. The standard InChI is InChI=1S/C35H38ClN3O7/c1-20-11-9-14-24(36)29(20)38-18-10-17-35-28(32(42)39(21(2)19-40)31(35)33(38)43)27-25(46-35)15-7-8-16-26(41)37-22(3)30(45-34(27)44)23-12-5-4-6-13-23/h4-7,9-15,17,21-22,25,27-28,30-31,40H,8,16,18-19H2,1-3H3,(H,37,41)/b15-7-/t21-,22+,25+,27-,28-,30-,31+,35-/m1/s1. The maximum Gasteiger partial charge on any atom is 0.313 e. The van der Waals surface area contributed by atoms with Gasteiger partial charge in [0.25, 0.3) is 5.91 Å². The molecule has 11 heteroatoms. The largest absolute Gasteiger partial charge is 0.455 e. The molecule has 2 aromatic rings. The van der Waals surface area contributed by atoms with Gasteiger partial charge in [0, 0.05) is 13.0 Å². The zero-order chi connectivity index (χ0) is 32.7. The highest BCUT2D eigenvalue weighted by molar-refractivity contribution is 6.34. The molecular formula is C35H38ClN3O7. The molecular weight excluding hydrogens is 610 g/mol. The molecule has 0 saturated carbocycles. The number of aliphatic hydroxyl groups excluding tert-OH is 1.